The van der Waals surface area contributed by atoms with E-state index in [2.05, 4.69) is 4.90 Å². The molecule has 0 amide bonds. The molecule has 10 heteroatoms. The summed E-state index contributed by atoms with van der Waals surface area (Å²) in [4.78, 5) is 2.40. The second-order valence-corrected chi connectivity index (χ2v) is 12.6. The van der Waals surface area contributed by atoms with Crippen molar-refractivity contribution in [3.8, 4) is 28.7 Å². The monoisotopic (exact) mass is 591 g/mol. The van der Waals surface area contributed by atoms with E-state index in [9.17, 15) is 8.42 Å². The van der Waals surface area contributed by atoms with Gasteiger partial charge in [0, 0.05) is 6.54 Å². The van der Waals surface area contributed by atoms with E-state index >= 15 is 0 Å². The minimum absolute atomic E-state index is 0.0335. The molecule has 41 heavy (non-hydrogen) atoms. The molecule has 2 aliphatic heterocycles. The Bertz CT molecular complexity index is 1230. The predicted molar refractivity (Wildman–Crippen MR) is 158 cm³/mol. The molecule has 0 spiro atoms. The predicted octanol–water partition coefficient (Wildman–Crippen LogP) is 5.75. The number of likely N-dealkylation sites (tertiary alicyclic amines) is 1. The zero-order chi connectivity index (χ0) is 29.4. The van der Waals surface area contributed by atoms with Crippen LogP contribution in [0.1, 0.15) is 75.7 Å². The average molecular weight is 592 g/mol. The number of hydrogen-bond acceptors (Lipinski definition) is 9. The Hall–Kier alpha value is -2.69. The highest BCUT2D eigenvalue weighted by atomic mass is 32.2. The second-order valence-electron chi connectivity index (χ2n) is 10.6. The van der Waals surface area contributed by atoms with Crippen molar-refractivity contribution in [3.63, 3.8) is 0 Å². The van der Waals surface area contributed by atoms with Gasteiger partial charge in [0.15, 0.2) is 32.8 Å². The normalized spacial score (nSPS) is 19.3. The van der Waals surface area contributed by atoms with Gasteiger partial charge in [-0.1, -0.05) is 13.8 Å². The van der Waals surface area contributed by atoms with Crippen molar-refractivity contribution in [2.24, 2.45) is 0 Å². The number of nitrogens with zero attached hydrogens (tertiary/aromatic N) is 1. The molecule has 2 atom stereocenters. The number of ether oxygens (including phenoxy) is 6. The number of methoxy groups -OCH3 is 3. The maximum atomic E-state index is 13.8. The second kappa shape index (κ2) is 14.5. The van der Waals surface area contributed by atoms with Gasteiger partial charge in [0.2, 0.25) is 5.75 Å². The maximum Gasteiger partial charge on any atom is 0.203 e. The fourth-order valence-corrected chi connectivity index (χ4v) is 6.94. The lowest BCUT2D eigenvalue weighted by Gasteiger charge is -2.22. The van der Waals surface area contributed by atoms with E-state index in [1.54, 1.807) is 27.4 Å². The van der Waals surface area contributed by atoms with Crippen molar-refractivity contribution in [2.45, 2.75) is 69.5 Å². The first-order chi connectivity index (χ1) is 19.8. The molecule has 0 saturated carbocycles. The van der Waals surface area contributed by atoms with Gasteiger partial charge >= 0.3 is 0 Å². The van der Waals surface area contributed by atoms with Gasteiger partial charge in [-0.15, -0.1) is 0 Å². The van der Waals surface area contributed by atoms with Crippen LogP contribution in [0.15, 0.2) is 29.2 Å². The van der Waals surface area contributed by atoms with Gasteiger partial charge in [-0.2, -0.15) is 0 Å². The third-order valence-corrected chi connectivity index (χ3v) is 9.31. The lowest BCUT2D eigenvalue weighted by atomic mass is 10.0. The molecule has 0 bridgehead atoms. The van der Waals surface area contributed by atoms with Gasteiger partial charge in [0.05, 0.1) is 52.5 Å². The fraction of sp³-hybridized carbons (Fsp3) is 0.613. The molecule has 0 radical (unpaired) electrons. The van der Waals surface area contributed by atoms with Crippen molar-refractivity contribution in [2.75, 3.05) is 59.9 Å². The molecule has 2 aliphatic rings. The van der Waals surface area contributed by atoms with Crippen LogP contribution < -0.4 is 23.7 Å². The molecule has 2 aromatic rings. The van der Waals surface area contributed by atoms with Crippen LogP contribution >= 0.6 is 0 Å². The van der Waals surface area contributed by atoms with Gasteiger partial charge in [0.25, 0.3) is 0 Å². The van der Waals surface area contributed by atoms with E-state index < -0.39 is 9.84 Å². The standard InChI is InChI=1S/C31H45NO8S/c1-6-15-38-28-20-23(21-29(31(28)39-16-7-2)41(33,34)17-14-32-12-8-9-13-32)25-11-10-24(40-25)22-18-26(35-3)30(37-5)27(19-22)36-4/h18-21,24-25H,6-17H2,1-5H3. The molecule has 2 heterocycles. The summed E-state index contributed by atoms with van der Waals surface area (Å²) in [6.07, 6.45) is 4.71. The van der Waals surface area contributed by atoms with Gasteiger partial charge in [-0.05, 0) is 87.0 Å². The summed E-state index contributed by atoms with van der Waals surface area (Å²) in [5, 5.41) is 0. The Balaban J connectivity index is 1.67. The van der Waals surface area contributed by atoms with E-state index in [0.717, 1.165) is 62.7 Å². The average Bonchev–Trinajstić information content (AvgIpc) is 3.70. The van der Waals surface area contributed by atoms with Gasteiger partial charge in [0.1, 0.15) is 4.90 Å². The summed E-state index contributed by atoms with van der Waals surface area (Å²) in [6.45, 7) is 7.27. The Morgan fingerprint density at radius 3 is 1.90 bits per heavy atom. The lowest BCUT2D eigenvalue weighted by Crippen LogP contribution is -2.27. The van der Waals surface area contributed by atoms with E-state index in [4.69, 9.17) is 28.4 Å². The minimum atomic E-state index is -3.65. The van der Waals surface area contributed by atoms with Crippen LogP contribution in [-0.2, 0) is 14.6 Å². The summed E-state index contributed by atoms with van der Waals surface area (Å²) in [7, 11) is 1.10. The molecule has 2 saturated heterocycles. The SMILES string of the molecule is CCCOc1cc(C2CCC(c3cc(OC)c(OC)c(OC)c3)O2)cc(S(=O)(=O)CCN2CCCC2)c1OCCC. The van der Waals surface area contributed by atoms with Crippen molar-refractivity contribution < 1.29 is 36.8 Å². The molecule has 2 unspecified atom stereocenters. The van der Waals surface area contributed by atoms with Crippen molar-refractivity contribution in [1.29, 1.82) is 0 Å². The van der Waals surface area contributed by atoms with Gasteiger partial charge in [-0.25, -0.2) is 8.42 Å². The molecular weight excluding hydrogens is 546 g/mol. The van der Waals surface area contributed by atoms with Crippen molar-refractivity contribution >= 4 is 9.84 Å². The maximum absolute atomic E-state index is 13.8. The highest BCUT2D eigenvalue weighted by Gasteiger charge is 2.33. The topological polar surface area (TPSA) is 92.8 Å². The summed E-state index contributed by atoms with van der Waals surface area (Å²) in [5.41, 5.74) is 1.68. The Morgan fingerprint density at radius 2 is 1.34 bits per heavy atom. The zero-order valence-electron chi connectivity index (χ0n) is 25.1. The van der Waals surface area contributed by atoms with Crippen LogP contribution in [0.4, 0.5) is 0 Å². The summed E-state index contributed by atoms with van der Waals surface area (Å²) in [5.74, 6) is 2.45. The molecule has 4 rings (SSSR count). The van der Waals surface area contributed by atoms with Crippen LogP contribution in [0, 0.1) is 0 Å². The Labute approximate surface area is 244 Å². The molecule has 0 N–H and O–H groups in total. The van der Waals surface area contributed by atoms with Crippen LogP contribution in [0.25, 0.3) is 0 Å². The van der Waals surface area contributed by atoms with Crippen molar-refractivity contribution in [1.82, 2.24) is 4.90 Å². The third kappa shape index (κ3) is 7.40. The van der Waals surface area contributed by atoms with Crippen molar-refractivity contribution in [3.05, 3.63) is 35.4 Å². The zero-order valence-corrected chi connectivity index (χ0v) is 25.9. The quantitative estimate of drug-likeness (QED) is 0.257. The molecule has 9 nitrogen and oxygen atoms in total. The first-order valence-corrected chi connectivity index (χ1v) is 16.3. The molecule has 2 fully saturated rings. The Morgan fingerprint density at radius 1 is 0.780 bits per heavy atom. The molecule has 0 aliphatic carbocycles. The van der Waals surface area contributed by atoms with Gasteiger partial charge in [-0.3, -0.25) is 0 Å². The first kappa shape index (κ1) is 31.3. The number of sulfone groups is 1. The first-order valence-electron chi connectivity index (χ1n) is 14.7. The van der Waals surface area contributed by atoms with E-state index in [1.807, 2.05) is 32.0 Å². The molecular formula is C31H45NO8S. The van der Waals surface area contributed by atoms with E-state index in [1.165, 1.54) is 0 Å². The molecule has 228 valence electrons. The van der Waals surface area contributed by atoms with Crippen LogP contribution in [-0.4, -0.2) is 73.2 Å². The smallest absolute Gasteiger partial charge is 0.203 e. The lowest BCUT2D eigenvalue weighted by molar-refractivity contribution is 0.0435. The highest BCUT2D eigenvalue weighted by molar-refractivity contribution is 7.91. The van der Waals surface area contributed by atoms with E-state index in [-0.39, 0.29) is 22.9 Å². The molecule has 2 aromatic carbocycles. The summed E-state index contributed by atoms with van der Waals surface area (Å²) < 4.78 is 62.9. The molecule has 0 aromatic heterocycles. The third-order valence-electron chi connectivity index (χ3n) is 7.62. The number of benzene rings is 2. The number of hydrogen-bond donors (Lipinski definition) is 0. The summed E-state index contributed by atoms with van der Waals surface area (Å²) in [6, 6.07) is 7.44. The highest BCUT2D eigenvalue weighted by Crippen LogP contribution is 2.48. The van der Waals surface area contributed by atoms with Crippen LogP contribution in [0.2, 0.25) is 0 Å². The largest absolute Gasteiger partial charge is 0.493 e. The minimum Gasteiger partial charge on any atom is -0.493 e. The van der Waals surface area contributed by atoms with Crippen LogP contribution in [0.5, 0.6) is 28.7 Å². The summed E-state index contributed by atoms with van der Waals surface area (Å²) >= 11 is 0. The Kier molecular flexibility index (Phi) is 11.0. The fourth-order valence-electron chi connectivity index (χ4n) is 5.46. The van der Waals surface area contributed by atoms with Gasteiger partial charge < -0.3 is 33.3 Å². The number of rotatable bonds is 15. The van der Waals surface area contributed by atoms with E-state index in [0.29, 0.717) is 48.5 Å². The van der Waals surface area contributed by atoms with Crippen LogP contribution in [0.3, 0.4) is 0 Å².